The first-order chi connectivity index (χ1) is 12.8. The number of ether oxygens (including phenoxy) is 1. The summed E-state index contributed by atoms with van der Waals surface area (Å²) in [6, 6.07) is 11.1. The Morgan fingerprint density at radius 2 is 1.89 bits per heavy atom. The van der Waals surface area contributed by atoms with Crippen molar-refractivity contribution in [2.45, 2.75) is 26.3 Å². The third-order valence-corrected chi connectivity index (χ3v) is 4.17. The molecule has 0 saturated heterocycles. The lowest BCUT2D eigenvalue weighted by Crippen LogP contribution is -2.32. The van der Waals surface area contributed by atoms with Crippen LogP contribution in [0.5, 0.6) is 0 Å². The van der Waals surface area contributed by atoms with Crippen molar-refractivity contribution in [2.75, 3.05) is 6.61 Å². The van der Waals surface area contributed by atoms with Crippen molar-refractivity contribution >= 4 is 29.2 Å². The largest absolute Gasteiger partial charge is 0.452 e. The van der Waals surface area contributed by atoms with Crippen molar-refractivity contribution in [3.8, 4) is 0 Å². The molecule has 0 fully saturated rings. The third kappa shape index (κ3) is 5.52. The maximum atomic E-state index is 12.1. The number of hydrogen-bond acceptors (Lipinski definition) is 5. The van der Waals surface area contributed by atoms with E-state index >= 15 is 0 Å². The molecule has 0 saturated carbocycles. The molecular weight excluding hydrogens is 372 g/mol. The maximum absolute atomic E-state index is 12.1. The number of carbonyl (C=O) groups excluding carboxylic acids is 2. The van der Waals surface area contributed by atoms with Gasteiger partial charge in [-0.15, -0.1) is 0 Å². The van der Waals surface area contributed by atoms with Crippen molar-refractivity contribution in [2.24, 2.45) is 0 Å². The van der Waals surface area contributed by atoms with Crippen molar-refractivity contribution < 1.29 is 19.2 Å². The highest BCUT2D eigenvalue weighted by Crippen LogP contribution is 2.24. The van der Waals surface area contributed by atoms with Crippen molar-refractivity contribution in [3.63, 3.8) is 0 Å². The lowest BCUT2D eigenvalue weighted by Gasteiger charge is -2.17. The molecule has 1 N–H and O–H groups in total. The van der Waals surface area contributed by atoms with Crippen LogP contribution in [0.3, 0.4) is 0 Å². The minimum atomic E-state index is -0.961. The summed E-state index contributed by atoms with van der Waals surface area (Å²) in [5.74, 6) is -1.45. The fourth-order valence-electron chi connectivity index (χ4n) is 2.49. The molecule has 0 spiro atoms. The number of rotatable bonds is 7. The molecule has 0 bridgehead atoms. The lowest BCUT2D eigenvalue weighted by atomic mass is 10.0. The molecule has 27 heavy (non-hydrogen) atoms. The van der Waals surface area contributed by atoms with Gasteiger partial charge in [-0.05, 0) is 31.0 Å². The standard InChI is InChI=1S/C19H19ClN2O5/c1-3-16(13-6-4-12(2)5-7-13)21-18(23)11-27-19(24)15-9-8-14(20)10-17(15)22(25)26/h4-10,16H,3,11H2,1-2H3,(H,21,23)/t16-/m0/s1. The molecule has 0 aromatic heterocycles. The van der Waals surface area contributed by atoms with Crippen molar-refractivity contribution in [3.05, 3.63) is 74.3 Å². The van der Waals surface area contributed by atoms with Gasteiger partial charge in [-0.2, -0.15) is 0 Å². The van der Waals surface area contributed by atoms with E-state index in [2.05, 4.69) is 5.32 Å². The molecule has 142 valence electrons. The van der Waals surface area contributed by atoms with Crippen LogP contribution < -0.4 is 5.32 Å². The van der Waals surface area contributed by atoms with E-state index in [1.54, 1.807) is 0 Å². The van der Waals surface area contributed by atoms with E-state index in [9.17, 15) is 19.7 Å². The van der Waals surface area contributed by atoms with Crippen LogP contribution in [0.25, 0.3) is 0 Å². The Labute approximate surface area is 161 Å². The van der Waals surface area contributed by atoms with Gasteiger partial charge in [0.05, 0.1) is 11.0 Å². The molecule has 0 unspecified atom stereocenters. The number of benzene rings is 2. The van der Waals surface area contributed by atoms with E-state index in [-0.39, 0.29) is 16.6 Å². The van der Waals surface area contributed by atoms with Gasteiger partial charge in [0.25, 0.3) is 11.6 Å². The predicted molar refractivity (Wildman–Crippen MR) is 101 cm³/mol. The average molecular weight is 391 g/mol. The van der Waals surface area contributed by atoms with E-state index in [0.717, 1.165) is 17.2 Å². The zero-order valence-corrected chi connectivity index (χ0v) is 15.7. The van der Waals surface area contributed by atoms with Gasteiger partial charge in [0.1, 0.15) is 5.56 Å². The number of carbonyl (C=O) groups is 2. The van der Waals surface area contributed by atoms with Gasteiger partial charge >= 0.3 is 5.97 Å². The van der Waals surface area contributed by atoms with Crippen LogP contribution >= 0.6 is 11.6 Å². The summed E-state index contributed by atoms with van der Waals surface area (Å²) < 4.78 is 4.92. The van der Waals surface area contributed by atoms with E-state index in [4.69, 9.17) is 16.3 Å². The molecule has 7 nitrogen and oxygen atoms in total. The number of hydrogen-bond donors (Lipinski definition) is 1. The number of nitro benzene ring substituents is 1. The van der Waals surface area contributed by atoms with Crippen LogP contribution in [0.15, 0.2) is 42.5 Å². The summed E-state index contributed by atoms with van der Waals surface area (Å²) >= 11 is 5.71. The molecule has 2 rings (SSSR count). The highest BCUT2D eigenvalue weighted by atomic mass is 35.5. The summed E-state index contributed by atoms with van der Waals surface area (Å²) in [6.07, 6.45) is 0.658. The second-order valence-corrected chi connectivity index (χ2v) is 6.37. The number of aryl methyl sites for hydroxylation is 1. The number of nitrogens with one attached hydrogen (secondary N) is 1. The average Bonchev–Trinajstić information content (AvgIpc) is 2.64. The van der Waals surface area contributed by atoms with Crippen LogP contribution in [0, 0.1) is 17.0 Å². The van der Waals surface area contributed by atoms with Crippen LogP contribution in [-0.4, -0.2) is 23.4 Å². The molecule has 1 amide bonds. The maximum Gasteiger partial charge on any atom is 0.345 e. The van der Waals surface area contributed by atoms with Gasteiger partial charge in [0.2, 0.25) is 0 Å². The number of amides is 1. The van der Waals surface area contributed by atoms with E-state index in [1.807, 2.05) is 38.1 Å². The van der Waals surface area contributed by atoms with Crippen LogP contribution in [0.2, 0.25) is 5.02 Å². The Morgan fingerprint density at radius 3 is 2.48 bits per heavy atom. The first-order valence-corrected chi connectivity index (χ1v) is 8.66. The molecule has 0 heterocycles. The molecule has 0 radical (unpaired) electrons. The predicted octanol–water partition coefficient (Wildman–Crippen LogP) is 3.98. The third-order valence-electron chi connectivity index (χ3n) is 3.93. The van der Waals surface area contributed by atoms with Gasteiger partial charge in [0.15, 0.2) is 6.61 Å². The summed E-state index contributed by atoms with van der Waals surface area (Å²) in [6.45, 7) is 3.35. The molecule has 0 aliphatic carbocycles. The number of nitro groups is 1. The molecular formula is C19H19ClN2O5. The summed E-state index contributed by atoms with van der Waals surface area (Å²) in [4.78, 5) is 34.5. The second-order valence-electron chi connectivity index (χ2n) is 5.93. The Hall–Kier alpha value is -2.93. The molecule has 8 heteroatoms. The van der Waals surface area contributed by atoms with Gasteiger partial charge < -0.3 is 10.1 Å². The molecule has 1 atom stereocenters. The monoisotopic (exact) mass is 390 g/mol. The number of esters is 1. The lowest BCUT2D eigenvalue weighted by molar-refractivity contribution is -0.385. The smallest absolute Gasteiger partial charge is 0.345 e. The van der Waals surface area contributed by atoms with E-state index in [0.29, 0.717) is 6.42 Å². The minimum Gasteiger partial charge on any atom is -0.452 e. The zero-order valence-electron chi connectivity index (χ0n) is 14.9. The van der Waals surface area contributed by atoms with Crippen molar-refractivity contribution in [1.29, 1.82) is 0 Å². The van der Waals surface area contributed by atoms with E-state index < -0.39 is 29.1 Å². The summed E-state index contributed by atoms with van der Waals surface area (Å²) in [5, 5.41) is 14.0. The van der Waals surface area contributed by atoms with Gasteiger partial charge in [-0.3, -0.25) is 14.9 Å². The Morgan fingerprint density at radius 1 is 1.22 bits per heavy atom. The molecule has 0 aliphatic rings. The summed E-state index contributed by atoms with van der Waals surface area (Å²) in [7, 11) is 0. The Balaban J connectivity index is 1.99. The normalized spacial score (nSPS) is 11.5. The Bertz CT molecular complexity index is 852. The van der Waals surface area contributed by atoms with Gasteiger partial charge in [0, 0.05) is 11.1 Å². The summed E-state index contributed by atoms with van der Waals surface area (Å²) in [5.41, 5.74) is 1.32. The minimum absolute atomic E-state index is 0.125. The number of nitrogens with zero attached hydrogens (tertiary/aromatic N) is 1. The SMILES string of the molecule is CC[C@H](NC(=O)COC(=O)c1ccc(Cl)cc1[N+](=O)[O-])c1ccc(C)cc1. The number of halogens is 1. The highest BCUT2D eigenvalue weighted by molar-refractivity contribution is 6.31. The van der Waals surface area contributed by atoms with Crippen molar-refractivity contribution in [1.82, 2.24) is 5.32 Å². The second kappa shape index (κ2) is 9.14. The van der Waals surface area contributed by atoms with Gasteiger partial charge in [-0.1, -0.05) is 48.4 Å². The van der Waals surface area contributed by atoms with Gasteiger partial charge in [-0.25, -0.2) is 4.79 Å². The molecule has 0 aliphatic heterocycles. The van der Waals surface area contributed by atoms with Crippen LogP contribution in [0.1, 0.15) is 40.9 Å². The quantitative estimate of drug-likeness (QED) is 0.438. The van der Waals surface area contributed by atoms with Crippen LogP contribution in [0.4, 0.5) is 5.69 Å². The van der Waals surface area contributed by atoms with Crippen LogP contribution in [-0.2, 0) is 9.53 Å². The zero-order chi connectivity index (χ0) is 20.0. The van der Waals surface area contributed by atoms with E-state index in [1.165, 1.54) is 12.1 Å². The topological polar surface area (TPSA) is 98.5 Å². The first kappa shape index (κ1) is 20.4. The molecule has 2 aromatic carbocycles. The Kier molecular flexibility index (Phi) is 6.90. The fourth-order valence-corrected chi connectivity index (χ4v) is 2.66. The molecule has 2 aromatic rings. The fraction of sp³-hybridized carbons (Fsp3) is 0.263. The highest BCUT2D eigenvalue weighted by Gasteiger charge is 2.23. The first-order valence-electron chi connectivity index (χ1n) is 8.28.